The van der Waals surface area contributed by atoms with Crippen LogP contribution in [-0.4, -0.2) is 28.5 Å². The minimum absolute atomic E-state index is 0.0528. The normalized spacial score (nSPS) is 15.6. The van der Waals surface area contributed by atoms with Gasteiger partial charge in [0, 0.05) is 30.5 Å². The molecule has 1 amide bonds. The number of hydrogen-bond donors (Lipinski definition) is 2. The first-order valence-corrected chi connectivity index (χ1v) is 7.96. The standard InChI is InChI=1S/C15H23ClN4O/c1-4-9(2)18-12(21)7-8-17-14-10(3)13(16)19-15(20-14)11-5-6-11/h9,11H,4-8H2,1-3H3,(H,18,21)(H,17,19,20). The van der Waals surface area contributed by atoms with Crippen LogP contribution in [0.2, 0.25) is 5.15 Å². The lowest BCUT2D eigenvalue weighted by Gasteiger charge is -2.13. The third-order valence-electron chi connectivity index (χ3n) is 3.71. The van der Waals surface area contributed by atoms with Crippen LogP contribution >= 0.6 is 11.6 Å². The molecule has 0 aliphatic heterocycles. The Morgan fingerprint density at radius 1 is 1.43 bits per heavy atom. The molecule has 1 fully saturated rings. The first kappa shape index (κ1) is 16.0. The van der Waals surface area contributed by atoms with Gasteiger partial charge in [0.05, 0.1) is 0 Å². The van der Waals surface area contributed by atoms with Gasteiger partial charge in [-0.2, -0.15) is 0 Å². The van der Waals surface area contributed by atoms with Crippen molar-refractivity contribution in [3.63, 3.8) is 0 Å². The number of rotatable bonds is 7. The predicted octanol–water partition coefficient (Wildman–Crippen LogP) is 3.03. The zero-order valence-corrected chi connectivity index (χ0v) is 13.6. The van der Waals surface area contributed by atoms with Gasteiger partial charge >= 0.3 is 0 Å². The Morgan fingerprint density at radius 3 is 2.76 bits per heavy atom. The number of carbonyl (C=O) groups excluding carboxylic acids is 1. The van der Waals surface area contributed by atoms with E-state index in [0.29, 0.717) is 24.0 Å². The Hall–Kier alpha value is -1.36. The van der Waals surface area contributed by atoms with Crippen LogP contribution < -0.4 is 10.6 Å². The number of aromatic nitrogens is 2. The summed E-state index contributed by atoms with van der Waals surface area (Å²) in [6, 6.07) is 0.217. The van der Waals surface area contributed by atoms with E-state index in [1.165, 1.54) is 0 Å². The van der Waals surface area contributed by atoms with Crippen LogP contribution in [0.15, 0.2) is 0 Å². The zero-order valence-electron chi connectivity index (χ0n) is 12.9. The highest BCUT2D eigenvalue weighted by molar-refractivity contribution is 6.30. The summed E-state index contributed by atoms with van der Waals surface area (Å²) in [4.78, 5) is 20.6. The molecule has 1 aliphatic carbocycles. The summed E-state index contributed by atoms with van der Waals surface area (Å²) < 4.78 is 0. The van der Waals surface area contributed by atoms with Gasteiger partial charge in [-0.15, -0.1) is 0 Å². The number of anilines is 1. The first-order valence-electron chi connectivity index (χ1n) is 7.58. The van der Waals surface area contributed by atoms with Crippen molar-refractivity contribution in [3.05, 3.63) is 16.5 Å². The number of amides is 1. The van der Waals surface area contributed by atoms with Gasteiger partial charge in [0.15, 0.2) is 0 Å². The topological polar surface area (TPSA) is 66.9 Å². The SMILES string of the molecule is CCC(C)NC(=O)CCNc1nc(C2CC2)nc(Cl)c1C. The van der Waals surface area contributed by atoms with Crippen LogP contribution in [-0.2, 0) is 4.79 Å². The van der Waals surface area contributed by atoms with Crippen molar-refractivity contribution in [2.75, 3.05) is 11.9 Å². The van der Waals surface area contributed by atoms with Gasteiger partial charge in [0.2, 0.25) is 5.91 Å². The summed E-state index contributed by atoms with van der Waals surface area (Å²) in [5.74, 6) is 2.07. The molecule has 0 saturated heterocycles. The summed E-state index contributed by atoms with van der Waals surface area (Å²) in [5.41, 5.74) is 0.836. The Bertz CT molecular complexity index is 517. The Labute approximate surface area is 130 Å². The van der Waals surface area contributed by atoms with E-state index >= 15 is 0 Å². The third-order valence-corrected chi connectivity index (χ3v) is 4.08. The van der Waals surface area contributed by atoms with Crippen molar-refractivity contribution >= 4 is 23.3 Å². The molecule has 0 aromatic carbocycles. The van der Waals surface area contributed by atoms with Crippen molar-refractivity contribution in [1.82, 2.24) is 15.3 Å². The van der Waals surface area contributed by atoms with Crippen LogP contribution in [0.1, 0.15) is 56.8 Å². The Morgan fingerprint density at radius 2 is 2.14 bits per heavy atom. The average molecular weight is 311 g/mol. The van der Waals surface area contributed by atoms with Gasteiger partial charge < -0.3 is 10.6 Å². The van der Waals surface area contributed by atoms with Gasteiger partial charge in [-0.3, -0.25) is 4.79 Å². The maximum Gasteiger partial charge on any atom is 0.221 e. The van der Waals surface area contributed by atoms with Gasteiger partial charge in [-0.1, -0.05) is 18.5 Å². The molecule has 1 aromatic rings. The molecule has 21 heavy (non-hydrogen) atoms. The summed E-state index contributed by atoms with van der Waals surface area (Å²) in [7, 11) is 0. The summed E-state index contributed by atoms with van der Waals surface area (Å²) >= 11 is 6.15. The third kappa shape index (κ3) is 4.56. The molecule has 1 saturated carbocycles. The molecular formula is C15H23ClN4O. The lowest BCUT2D eigenvalue weighted by atomic mass is 10.2. The lowest BCUT2D eigenvalue weighted by molar-refractivity contribution is -0.121. The van der Waals surface area contributed by atoms with Gasteiger partial charge in [0.25, 0.3) is 0 Å². The van der Waals surface area contributed by atoms with Crippen LogP contribution in [0, 0.1) is 6.92 Å². The highest BCUT2D eigenvalue weighted by Crippen LogP contribution is 2.39. The number of hydrogen-bond acceptors (Lipinski definition) is 4. The molecule has 1 heterocycles. The van der Waals surface area contributed by atoms with E-state index in [2.05, 4.69) is 27.5 Å². The monoisotopic (exact) mass is 310 g/mol. The lowest BCUT2D eigenvalue weighted by Crippen LogP contribution is -2.33. The molecule has 1 aromatic heterocycles. The second kappa shape index (κ2) is 7.07. The van der Waals surface area contributed by atoms with Crippen LogP contribution in [0.5, 0.6) is 0 Å². The first-order chi connectivity index (χ1) is 10.0. The van der Waals surface area contributed by atoms with Crippen LogP contribution in [0.25, 0.3) is 0 Å². The number of halogens is 1. The Kier molecular flexibility index (Phi) is 5.39. The quantitative estimate of drug-likeness (QED) is 0.760. The molecule has 2 N–H and O–H groups in total. The smallest absolute Gasteiger partial charge is 0.221 e. The van der Waals surface area contributed by atoms with E-state index in [4.69, 9.17) is 11.6 Å². The maximum atomic E-state index is 11.7. The molecule has 0 radical (unpaired) electrons. The molecule has 5 nitrogen and oxygen atoms in total. The molecule has 1 atom stereocenters. The molecule has 1 aliphatic rings. The fraction of sp³-hybridized carbons (Fsp3) is 0.667. The van der Waals surface area contributed by atoms with E-state index in [0.717, 1.165) is 36.5 Å². The van der Waals surface area contributed by atoms with Gasteiger partial charge in [-0.25, -0.2) is 9.97 Å². The largest absolute Gasteiger partial charge is 0.369 e. The van der Waals surface area contributed by atoms with Crippen molar-refractivity contribution < 1.29 is 4.79 Å². The molecule has 0 bridgehead atoms. The molecular weight excluding hydrogens is 288 g/mol. The van der Waals surface area contributed by atoms with Crippen molar-refractivity contribution in [3.8, 4) is 0 Å². The van der Waals surface area contributed by atoms with Crippen molar-refractivity contribution in [2.24, 2.45) is 0 Å². The Balaban J connectivity index is 1.89. The zero-order chi connectivity index (χ0) is 15.4. The van der Waals surface area contributed by atoms with E-state index in [1.807, 2.05) is 13.8 Å². The average Bonchev–Trinajstić information content (AvgIpc) is 3.27. The summed E-state index contributed by atoms with van der Waals surface area (Å²) in [6.07, 6.45) is 3.63. The molecule has 2 rings (SSSR count). The van der Waals surface area contributed by atoms with E-state index in [-0.39, 0.29) is 11.9 Å². The van der Waals surface area contributed by atoms with E-state index in [1.54, 1.807) is 0 Å². The minimum Gasteiger partial charge on any atom is -0.369 e. The number of nitrogens with zero attached hydrogens (tertiary/aromatic N) is 2. The van der Waals surface area contributed by atoms with Crippen molar-refractivity contribution in [1.29, 1.82) is 0 Å². The summed E-state index contributed by atoms with van der Waals surface area (Å²) in [5, 5.41) is 6.64. The summed E-state index contributed by atoms with van der Waals surface area (Å²) in [6.45, 7) is 6.48. The second-order valence-electron chi connectivity index (χ2n) is 5.67. The number of nitrogens with one attached hydrogen (secondary N) is 2. The van der Waals surface area contributed by atoms with E-state index < -0.39 is 0 Å². The van der Waals surface area contributed by atoms with Crippen molar-refractivity contribution in [2.45, 2.75) is 58.4 Å². The molecule has 0 spiro atoms. The van der Waals surface area contributed by atoms with Crippen LogP contribution in [0.3, 0.4) is 0 Å². The fourth-order valence-corrected chi connectivity index (χ4v) is 2.12. The maximum absolute atomic E-state index is 11.7. The molecule has 1 unspecified atom stereocenters. The van der Waals surface area contributed by atoms with Gasteiger partial charge in [-0.05, 0) is 33.1 Å². The molecule has 116 valence electrons. The van der Waals surface area contributed by atoms with E-state index in [9.17, 15) is 4.79 Å². The molecule has 6 heteroatoms. The van der Waals surface area contributed by atoms with Crippen LogP contribution in [0.4, 0.5) is 5.82 Å². The fourth-order valence-electron chi connectivity index (χ4n) is 1.95. The highest BCUT2D eigenvalue weighted by atomic mass is 35.5. The minimum atomic E-state index is 0.0528. The van der Waals surface area contributed by atoms with Gasteiger partial charge in [0.1, 0.15) is 16.8 Å². The highest BCUT2D eigenvalue weighted by Gasteiger charge is 2.28. The second-order valence-corrected chi connectivity index (χ2v) is 6.03. The number of carbonyl (C=O) groups is 1. The predicted molar refractivity (Wildman–Crippen MR) is 84.8 cm³/mol.